The molecule has 0 aromatic rings. The number of carboxylic acids is 1. The van der Waals surface area contributed by atoms with Crippen LogP contribution in [0.15, 0.2) is 0 Å². The predicted octanol–water partition coefficient (Wildman–Crippen LogP) is 0.766. The van der Waals surface area contributed by atoms with Crippen molar-refractivity contribution < 1.29 is 14.7 Å². The van der Waals surface area contributed by atoms with Crippen LogP contribution in [-0.4, -0.2) is 22.5 Å². The molecule has 14 heavy (non-hydrogen) atoms. The van der Waals surface area contributed by atoms with Gasteiger partial charge in [0.25, 0.3) is 0 Å². The number of carbonyl (C=O) groups is 2. The Morgan fingerprint density at radius 1 is 1.50 bits per heavy atom. The van der Waals surface area contributed by atoms with E-state index in [1.54, 1.807) is 0 Å². The number of rotatable bonds is 2. The molecule has 4 heteroatoms. The second-order valence-corrected chi connectivity index (χ2v) is 4.45. The minimum absolute atomic E-state index is 0.178. The second kappa shape index (κ2) is 2.97. The first-order valence-corrected chi connectivity index (χ1v) is 5.08. The molecule has 0 radical (unpaired) electrons. The van der Waals surface area contributed by atoms with Gasteiger partial charge in [-0.25, -0.2) is 4.79 Å². The van der Waals surface area contributed by atoms with Crippen molar-refractivity contribution in [3.05, 3.63) is 0 Å². The molecule has 3 atom stereocenters. The molecule has 1 amide bonds. The van der Waals surface area contributed by atoms with E-state index in [0.29, 0.717) is 12.3 Å². The van der Waals surface area contributed by atoms with Crippen molar-refractivity contribution in [3.8, 4) is 0 Å². The quantitative estimate of drug-likeness (QED) is 0.687. The van der Waals surface area contributed by atoms with Crippen molar-refractivity contribution in [1.29, 1.82) is 0 Å². The summed E-state index contributed by atoms with van der Waals surface area (Å²) in [4.78, 5) is 22.2. The van der Waals surface area contributed by atoms with E-state index in [2.05, 4.69) is 5.32 Å². The van der Waals surface area contributed by atoms with Crippen LogP contribution in [0.25, 0.3) is 0 Å². The first kappa shape index (κ1) is 9.49. The van der Waals surface area contributed by atoms with Crippen molar-refractivity contribution in [1.82, 2.24) is 5.32 Å². The zero-order valence-electron chi connectivity index (χ0n) is 8.25. The van der Waals surface area contributed by atoms with Gasteiger partial charge in [0.2, 0.25) is 5.91 Å². The molecule has 0 spiro atoms. The SMILES string of the molecule is CC(=O)NC1(C(=O)O)CCCC2CC21. The molecule has 2 aliphatic carbocycles. The normalized spacial score (nSPS) is 39.8. The van der Waals surface area contributed by atoms with Crippen molar-refractivity contribution in [2.24, 2.45) is 11.8 Å². The van der Waals surface area contributed by atoms with Crippen molar-refractivity contribution in [2.45, 2.75) is 38.1 Å². The molecule has 3 unspecified atom stereocenters. The summed E-state index contributed by atoms with van der Waals surface area (Å²) >= 11 is 0. The zero-order valence-corrected chi connectivity index (χ0v) is 8.25. The summed E-state index contributed by atoms with van der Waals surface area (Å²) < 4.78 is 0. The molecule has 0 aliphatic heterocycles. The Bertz CT molecular complexity index is 289. The Balaban J connectivity index is 2.21. The maximum absolute atomic E-state index is 11.2. The van der Waals surface area contributed by atoms with Crippen LogP contribution in [0.2, 0.25) is 0 Å². The summed E-state index contributed by atoms with van der Waals surface area (Å²) in [6, 6.07) is 0. The van der Waals surface area contributed by atoms with E-state index < -0.39 is 11.5 Å². The largest absolute Gasteiger partial charge is 0.479 e. The minimum atomic E-state index is -0.950. The van der Waals surface area contributed by atoms with Gasteiger partial charge in [-0.2, -0.15) is 0 Å². The van der Waals surface area contributed by atoms with E-state index in [0.717, 1.165) is 19.3 Å². The zero-order chi connectivity index (χ0) is 10.3. The van der Waals surface area contributed by atoms with Gasteiger partial charge in [-0.15, -0.1) is 0 Å². The van der Waals surface area contributed by atoms with Gasteiger partial charge in [0.05, 0.1) is 0 Å². The van der Waals surface area contributed by atoms with Gasteiger partial charge < -0.3 is 10.4 Å². The summed E-state index contributed by atoms with van der Waals surface area (Å²) in [5, 5.41) is 11.9. The van der Waals surface area contributed by atoms with Crippen LogP contribution >= 0.6 is 0 Å². The van der Waals surface area contributed by atoms with Crippen molar-refractivity contribution >= 4 is 11.9 Å². The Morgan fingerprint density at radius 2 is 2.21 bits per heavy atom. The van der Waals surface area contributed by atoms with E-state index >= 15 is 0 Å². The minimum Gasteiger partial charge on any atom is -0.479 e. The predicted molar refractivity (Wildman–Crippen MR) is 49.6 cm³/mol. The van der Waals surface area contributed by atoms with Crippen LogP contribution in [-0.2, 0) is 9.59 Å². The van der Waals surface area contributed by atoms with Gasteiger partial charge in [0, 0.05) is 6.92 Å². The Kier molecular flexibility index (Phi) is 2.01. The van der Waals surface area contributed by atoms with E-state index in [9.17, 15) is 14.7 Å². The van der Waals surface area contributed by atoms with Crippen LogP contribution in [0.1, 0.15) is 32.6 Å². The Morgan fingerprint density at radius 3 is 2.79 bits per heavy atom. The monoisotopic (exact) mass is 197 g/mol. The molecule has 2 aliphatic rings. The summed E-state index contributed by atoms with van der Waals surface area (Å²) in [6.45, 7) is 1.39. The number of hydrogen-bond donors (Lipinski definition) is 2. The average Bonchev–Trinajstić information content (AvgIpc) is 2.82. The lowest BCUT2D eigenvalue weighted by Crippen LogP contribution is -2.57. The fraction of sp³-hybridized carbons (Fsp3) is 0.800. The van der Waals surface area contributed by atoms with E-state index in [4.69, 9.17) is 0 Å². The van der Waals surface area contributed by atoms with Gasteiger partial charge in [0.1, 0.15) is 5.54 Å². The molecule has 4 nitrogen and oxygen atoms in total. The number of amides is 1. The van der Waals surface area contributed by atoms with Crippen LogP contribution < -0.4 is 5.32 Å². The van der Waals surface area contributed by atoms with Crippen molar-refractivity contribution in [3.63, 3.8) is 0 Å². The lowest BCUT2D eigenvalue weighted by molar-refractivity contribution is -0.149. The highest BCUT2D eigenvalue weighted by Gasteiger charge is 2.59. The molecule has 2 rings (SSSR count). The molecular weight excluding hydrogens is 182 g/mol. The third-order valence-electron chi connectivity index (χ3n) is 3.48. The number of hydrogen-bond acceptors (Lipinski definition) is 2. The fourth-order valence-electron chi connectivity index (χ4n) is 2.79. The lowest BCUT2D eigenvalue weighted by atomic mass is 9.81. The maximum Gasteiger partial charge on any atom is 0.329 e. The number of carboxylic acid groups (broad SMARTS) is 1. The van der Waals surface area contributed by atoms with Crippen LogP contribution in [0.3, 0.4) is 0 Å². The highest BCUT2D eigenvalue weighted by molar-refractivity contribution is 5.87. The third-order valence-corrected chi connectivity index (χ3v) is 3.48. The molecule has 2 N–H and O–H groups in total. The van der Waals surface area contributed by atoms with Gasteiger partial charge in [-0.05, 0) is 31.1 Å². The van der Waals surface area contributed by atoms with Gasteiger partial charge >= 0.3 is 5.97 Å². The fourth-order valence-corrected chi connectivity index (χ4v) is 2.79. The number of nitrogens with one attached hydrogen (secondary N) is 1. The molecule has 0 heterocycles. The summed E-state index contributed by atoms with van der Waals surface area (Å²) in [6.07, 6.45) is 3.59. The maximum atomic E-state index is 11.2. The topological polar surface area (TPSA) is 66.4 Å². The van der Waals surface area contributed by atoms with Crippen LogP contribution in [0, 0.1) is 11.8 Å². The third kappa shape index (κ3) is 1.29. The van der Waals surface area contributed by atoms with Crippen LogP contribution in [0.5, 0.6) is 0 Å². The molecular formula is C10H15NO3. The van der Waals surface area contributed by atoms with E-state index in [-0.39, 0.29) is 11.8 Å². The van der Waals surface area contributed by atoms with Crippen LogP contribution in [0.4, 0.5) is 0 Å². The first-order chi connectivity index (χ1) is 6.56. The highest BCUT2D eigenvalue weighted by Crippen LogP contribution is 2.54. The summed E-state index contributed by atoms with van der Waals surface area (Å²) in [7, 11) is 0. The number of carbonyl (C=O) groups excluding carboxylic acids is 1. The molecule has 2 fully saturated rings. The Hall–Kier alpha value is -1.06. The molecule has 78 valence electrons. The Labute approximate surface area is 82.7 Å². The van der Waals surface area contributed by atoms with E-state index in [1.165, 1.54) is 6.92 Å². The molecule has 0 aromatic heterocycles. The standard InChI is InChI=1S/C10H15NO3/c1-6(12)11-10(9(13)14)4-2-3-7-5-8(7)10/h7-8H,2-5H2,1H3,(H,11,12)(H,13,14). The number of fused-ring (bicyclic) bond motifs is 1. The highest BCUT2D eigenvalue weighted by atomic mass is 16.4. The first-order valence-electron chi connectivity index (χ1n) is 5.08. The molecule has 0 bridgehead atoms. The van der Waals surface area contributed by atoms with Gasteiger partial charge in [-0.3, -0.25) is 4.79 Å². The average molecular weight is 197 g/mol. The molecule has 2 saturated carbocycles. The smallest absolute Gasteiger partial charge is 0.329 e. The van der Waals surface area contributed by atoms with E-state index in [1.807, 2.05) is 0 Å². The van der Waals surface area contributed by atoms with Crippen molar-refractivity contribution in [2.75, 3.05) is 0 Å². The molecule has 0 saturated heterocycles. The second-order valence-electron chi connectivity index (χ2n) is 4.45. The van der Waals surface area contributed by atoms with Gasteiger partial charge in [-0.1, -0.05) is 6.42 Å². The summed E-state index contributed by atoms with van der Waals surface area (Å²) in [5.74, 6) is -0.385. The lowest BCUT2D eigenvalue weighted by Gasteiger charge is -2.33. The van der Waals surface area contributed by atoms with Gasteiger partial charge in [0.15, 0.2) is 0 Å². The summed E-state index contributed by atoms with van der Waals surface area (Å²) in [5.41, 5.74) is -0.950. The number of aliphatic carboxylic acids is 1. The molecule has 0 aromatic carbocycles.